The predicted molar refractivity (Wildman–Crippen MR) is 49.8 cm³/mol. The Labute approximate surface area is 85.9 Å². The molecule has 0 nitrogen and oxygen atoms in total. The van der Waals surface area contributed by atoms with E-state index in [1.165, 1.54) is 32.1 Å². The van der Waals surface area contributed by atoms with E-state index in [2.05, 4.69) is 20.8 Å². The van der Waals surface area contributed by atoms with Crippen molar-refractivity contribution in [2.24, 2.45) is 0 Å². The minimum absolute atomic E-state index is 0. The summed E-state index contributed by atoms with van der Waals surface area (Å²) in [5.74, 6) is 0. The van der Waals surface area contributed by atoms with Gasteiger partial charge in [-0.1, -0.05) is 39.0 Å². The van der Waals surface area contributed by atoms with Gasteiger partial charge in [0.05, 0.1) is 0 Å². The van der Waals surface area contributed by atoms with E-state index in [4.69, 9.17) is 0 Å². The van der Waals surface area contributed by atoms with Gasteiger partial charge in [0.25, 0.3) is 0 Å². The van der Waals surface area contributed by atoms with Gasteiger partial charge in [0.2, 0.25) is 0 Å². The Morgan fingerprint density at radius 1 is 0.909 bits per heavy atom. The van der Waals surface area contributed by atoms with E-state index in [0.29, 0.717) is 0 Å². The summed E-state index contributed by atoms with van der Waals surface area (Å²) in [6.45, 7) is 11.0. The predicted octanol–water partition coefficient (Wildman–Crippen LogP) is 4.02. The van der Waals surface area contributed by atoms with Crippen LogP contribution in [0, 0.1) is 13.8 Å². The van der Waals surface area contributed by atoms with Gasteiger partial charge in [-0.25, -0.2) is 0 Å². The molecule has 0 heterocycles. The Bertz CT molecular complexity index is 29.9. The molecular weight excluding hydrogens is 185 g/mol. The van der Waals surface area contributed by atoms with Crippen LogP contribution in [0.2, 0.25) is 0 Å². The molecule has 0 saturated heterocycles. The first-order chi connectivity index (χ1) is 4.91. The van der Waals surface area contributed by atoms with Crippen LogP contribution < -0.4 is 0 Å². The zero-order valence-corrected chi connectivity index (χ0v) is 11.3. The van der Waals surface area contributed by atoms with Crippen LogP contribution >= 0.6 is 0 Å². The van der Waals surface area contributed by atoms with Gasteiger partial charge in [0, 0.05) is 0 Å². The van der Waals surface area contributed by atoms with E-state index >= 15 is 0 Å². The molecule has 0 aliphatic rings. The molecule has 11 heavy (non-hydrogen) atoms. The van der Waals surface area contributed by atoms with Crippen molar-refractivity contribution in [3.05, 3.63) is 13.8 Å². The van der Waals surface area contributed by atoms with E-state index in [-0.39, 0.29) is 19.5 Å². The summed E-state index contributed by atoms with van der Waals surface area (Å²) in [7, 11) is 0. The van der Waals surface area contributed by atoms with Crippen LogP contribution in [0.1, 0.15) is 52.4 Å². The molecule has 0 aliphatic carbocycles. The smallest absolute Gasteiger partial charge is 0.346 e. The van der Waals surface area contributed by atoms with Crippen molar-refractivity contribution in [1.82, 2.24) is 0 Å². The second-order valence-corrected chi connectivity index (χ2v) is 2.27. The number of hydrogen-bond donors (Lipinski definition) is 0. The van der Waals surface area contributed by atoms with E-state index in [1.54, 1.807) is 6.92 Å². The molecule has 0 saturated carbocycles. The molecule has 0 aromatic rings. The topological polar surface area (TPSA) is 0 Å². The summed E-state index contributed by atoms with van der Waals surface area (Å²) in [5.41, 5.74) is 0. The third-order valence-corrected chi connectivity index (χ3v) is 1.35. The van der Waals surface area contributed by atoms with Gasteiger partial charge in [0.1, 0.15) is 0 Å². The summed E-state index contributed by atoms with van der Waals surface area (Å²) >= 11 is 0. The number of hydrogen-bond acceptors (Lipinski definition) is 0. The third-order valence-electron chi connectivity index (χ3n) is 1.35. The molecule has 0 bridgehead atoms. The zero-order valence-electron chi connectivity index (χ0n) is 8.36. The average Bonchev–Trinajstić information content (AvgIpc) is 2.02. The Kier molecular flexibility index (Phi) is 36.0. The van der Waals surface area contributed by atoms with Gasteiger partial charge in [-0.15, -0.1) is 0 Å². The zero-order chi connectivity index (χ0) is 8.24. The van der Waals surface area contributed by atoms with Crippen molar-refractivity contribution in [1.29, 1.82) is 0 Å². The van der Waals surface area contributed by atoms with Gasteiger partial charge in [-0.2, -0.15) is 13.3 Å². The van der Waals surface area contributed by atoms with Crippen LogP contribution in [0.15, 0.2) is 0 Å². The normalized spacial score (nSPS) is 7.64. The van der Waals surface area contributed by atoms with E-state index < -0.39 is 0 Å². The maximum atomic E-state index is 3.78. The molecule has 0 radical (unpaired) electrons. The molecular formula is C10H22Zn. The largest absolute Gasteiger partial charge is 2.00 e. The number of rotatable bonds is 5. The van der Waals surface area contributed by atoms with Crippen LogP contribution in [0.25, 0.3) is 0 Å². The van der Waals surface area contributed by atoms with Gasteiger partial charge in [0.15, 0.2) is 0 Å². The fourth-order valence-corrected chi connectivity index (χ4v) is 0.780. The van der Waals surface area contributed by atoms with Crippen molar-refractivity contribution in [2.75, 3.05) is 0 Å². The number of unbranched alkanes of at least 4 members (excludes halogenated alkanes) is 5. The quantitative estimate of drug-likeness (QED) is 0.363. The summed E-state index contributed by atoms with van der Waals surface area (Å²) in [4.78, 5) is 0. The molecule has 0 N–H and O–H groups in total. The first-order valence-corrected chi connectivity index (χ1v) is 4.41. The van der Waals surface area contributed by atoms with Crippen molar-refractivity contribution < 1.29 is 19.5 Å². The summed E-state index contributed by atoms with van der Waals surface area (Å²) in [6, 6.07) is 0. The molecule has 0 aromatic heterocycles. The van der Waals surface area contributed by atoms with Gasteiger partial charge in [-0.3, -0.25) is 0 Å². The van der Waals surface area contributed by atoms with Crippen molar-refractivity contribution in [2.45, 2.75) is 52.4 Å². The van der Waals surface area contributed by atoms with Crippen LogP contribution in [-0.4, -0.2) is 0 Å². The fourth-order valence-electron chi connectivity index (χ4n) is 0.780. The van der Waals surface area contributed by atoms with Gasteiger partial charge < -0.3 is 13.8 Å². The molecule has 0 aromatic carbocycles. The van der Waals surface area contributed by atoms with Crippen LogP contribution in [0.3, 0.4) is 0 Å². The minimum Gasteiger partial charge on any atom is -0.346 e. The van der Waals surface area contributed by atoms with Gasteiger partial charge in [-0.05, 0) is 0 Å². The maximum absolute atomic E-state index is 3.78. The van der Waals surface area contributed by atoms with Crippen molar-refractivity contribution in [3.8, 4) is 0 Å². The standard InChI is InChI=1S/C8H17.C2H5.Zn/c1-3-5-7-8-6-4-2;1-2;/h1,3-8H2,2H3;1H2,2H3;/q2*-1;+2. The van der Waals surface area contributed by atoms with Crippen LogP contribution in [0.5, 0.6) is 0 Å². The maximum Gasteiger partial charge on any atom is 2.00 e. The molecule has 0 atom stereocenters. The molecule has 0 fully saturated rings. The van der Waals surface area contributed by atoms with Crippen molar-refractivity contribution >= 4 is 0 Å². The summed E-state index contributed by atoms with van der Waals surface area (Å²) in [6.07, 6.45) is 7.98. The molecule has 0 rings (SSSR count). The Morgan fingerprint density at radius 3 is 1.73 bits per heavy atom. The second kappa shape index (κ2) is 22.4. The molecule has 0 aliphatic heterocycles. The Balaban J connectivity index is -0.000000196. The minimum atomic E-state index is 0. The molecule has 0 spiro atoms. The Hall–Kier alpha value is 0.623. The molecule has 0 unspecified atom stereocenters. The van der Waals surface area contributed by atoms with Crippen LogP contribution in [0.4, 0.5) is 0 Å². The van der Waals surface area contributed by atoms with E-state index in [1.807, 2.05) is 0 Å². The Morgan fingerprint density at radius 2 is 1.36 bits per heavy atom. The average molecular weight is 208 g/mol. The molecule has 64 valence electrons. The van der Waals surface area contributed by atoms with E-state index in [9.17, 15) is 0 Å². The first kappa shape index (κ1) is 17.6. The third kappa shape index (κ3) is 25.0. The summed E-state index contributed by atoms with van der Waals surface area (Å²) < 4.78 is 0. The van der Waals surface area contributed by atoms with Crippen LogP contribution in [-0.2, 0) is 19.5 Å². The molecule has 1 heteroatoms. The monoisotopic (exact) mass is 206 g/mol. The van der Waals surface area contributed by atoms with Gasteiger partial charge >= 0.3 is 19.5 Å². The van der Waals surface area contributed by atoms with E-state index in [0.717, 1.165) is 6.42 Å². The second-order valence-electron chi connectivity index (χ2n) is 2.27. The van der Waals surface area contributed by atoms with Crippen molar-refractivity contribution in [3.63, 3.8) is 0 Å². The fraction of sp³-hybridized carbons (Fsp3) is 0.800. The SMILES string of the molecule is [CH2-]C.[CH2-]CCCCCCC.[Zn+2]. The summed E-state index contributed by atoms with van der Waals surface area (Å²) in [5, 5.41) is 0. The first-order valence-electron chi connectivity index (χ1n) is 4.41. The molecule has 0 amide bonds.